The summed E-state index contributed by atoms with van der Waals surface area (Å²) in [7, 11) is 0. The van der Waals surface area contributed by atoms with Crippen LogP contribution in [0.3, 0.4) is 0 Å². The van der Waals surface area contributed by atoms with Gasteiger partial charge in [-0.1, -0.05) is 42.1 Å². The number of carbonyl (C=O) groups excluding carboxylic acids is 5. The number of nitrogens with one attached hydrogen (secondary N) is 1. The SMILES string of the molecule is CC(=O)OCC1=C(C(=O)Oc2ccncc2C(N)=O)[N+]2(NC(=O)Cc3ccccc3)C(=O)C[C@H]2SC1. The van der Waals surface area contributed by atoms with Gasteiger partial charge in [0.1, 0.15) is 24.3 Å². The lowest BCUT2D eigenvalue weighted by atomic mass is 10.1. The van der Waals surface area contributed by atoms with E-state index in [2.05, 4.69) is 10.4 Å². The first-order valence-electron chi connectivity index (χ1n) is 10.9. The zero-order chi connectivity index (χ0) is 25.9. The number of fused-ring (bicyclic) bond motifs is 1. The van der Waals surface area contributed by atoms with Crippen molar-refractivity contribution in [3.63, 3.8) is 0 Å². The van der Waals surface area contributed by atoms with Crippen LogP contribution >= 0.6 is 11.8 Å². The van der Waals surface area contributed by atoms with Crippen LogP contribution < -0.4 is 15.9 Å². The van der Waals surface area contributed by atoms with Gasteiger partial charge in [0.15, 0.2) is 5.37 Å². The van der Waals surface area contributed by atoms with E-state index in [1.165, 1.54) is 30.9 Å². The molecule has 3 N–H and O–H groups in total. The molecular weight excluding hydrogens is 488 g/mol. The summed E-state index contributed by atoms with van der Waals surface area (Å²) in [5, 5.41) is -0.478. The number of rotatable bonds is 8. The monoisotopic (exact) mass is 511 g/mol. The highest BCUT2D eigenvalue weighted by molar-refractivity contribution is 8.00. The van der Waals surface area contributed by atoms with Crippen molar-refractivity contribution in [2.24, 2.45) is 5.73 Å². The number of carbonyl (C=O) groups is 5. The molecule has 3 heterocycles. The summed E-state index contributed by atoms with van der Waals surface area (Å²) in [6.45, 7) is 0.939. The van der Waals surface area contributed by atoms with Crippen LogP contribution in [-0.4, -0.2) is 57.0 Å². The van der Waals surface area contributed by atoms with Gasteiger partial charge in [0.05, 0.1) is 6.42 Å². The smallest absolute Gasteiger partial charge is 0.401 e. The summed E-state index contributed by atoms with van der Waals surface area (Å²) >= 11 is 1.35. The first-order chi connectivity index (χ1) is 17.2. The number of esters is 2. The molecular formula is C24H23N4O7S+. The lowest BCUT2D eigenvalue weighted by Crippen LogP contribution is -2.77. The second-order valence-corrected chi connectivity index (χ2v) is 9.31. The maximum Gasteiger partial charge on any atom is 0.401 e. The molecule has 186 valence electrons. The van der Waals surface area contributed by atoms with Gasteiger partial charge in [0, 0.05) is 36.7 Å². The van der Waals surface area contributed by atoms with E-state index in [0.717, 1.165) is 11.8 Å². The van der Waals surface area contributed by atoms with Gasteiger partial charge in [-0.25, -0.2) is 9.59 Å². The van der Waals surface area contributed by atoms with Crippen molar-refractivity contribution in [2.45, 2.75) is 25.1 Å². The Hall–Kier alpha value is -4.03. The summed E-state index contributed by atoms with van der Waals surface area (Å²) in [4.78, 5) is 66.8. The predicted molar refractivity (Wildman–Crippen MR) is 126 cm³/mol. The molecule has 1 unspecified atom stereocenters. The average molecular weight is 512 g/mol. The highest BCUT2D eigenvalue weighted by Gasteiger charge is 2.66. The third kappa shape index (κ3) is 4.86. The first-order valence-corrected chi connectivity index (χ1v) is 12.0. The second kappa shape index (κ2) is 10.3. The fourth-order valence-electron chi connectivity index (χ4n) is 4.03. The van der Waals surface area contributed by atoms with Crippen LogP contribution in [0.2, 0.25) is 0 Å². The fraction of sp³-hybridized carbons (Fsp3) is 0.250. The normalized spacial score (nSPS) is 20.6. The van der Waals surface area contributed by atoms with Crippen LogP contribution in [0.25, 0.3) is 0 Å². The van der Waals surface area contributed by atoms with Crippen LogP contribution in [0, 0.1) is 0 Å². The topological polar surface area (TPSA) is 155 Å². The second-order valence-electron chi connectivity index (χ2n) is 8.14. The quantitative estimate of drug-likeness (QED) is 0.300. The van der Waals surface area contributed by atoms with Crippen molar-refractivity contribution >= 4 is 41.4 Å². The number of hydrogen-bond acceptors (Lipinski definition) is 9. The van der Waals surface area contributed by atoms with Crippen molar-refractivity contribution in [1.29, 1.82) is 0 Å². The number of β-lactam (4-membered cyclic amide) rings is 1. The van der Waals surface area contributed by atoms with Crippen LogP contribution in [0.1, 0.15) is 29.3 Å². The van der Waals surface area contributed by atoms with Gasteiger partial charge < -0.3 is 15.2 Å². The molecule has 0 saturated carbocycles. The zero-order valence-electron chi connectivity index (χ0n) is 19.3. The third-order valence-electron chi connectivity index (χ3n) is 5.71. The number of benzene rings is 1. The van der Waals surface area contributed by atoms with Crippen LogP contribution in [0.5, 0.6) is 5.75 Å². The molecule has 2 aromatic rings. The molecule has 3 amide bonds. The Labute approximate surface area is 210 Å². The van der Waals surface area contributed by atoms with E-state index < -0.39 is 39.6 Å². The molecule has 0 bridgehead atoms. The van der Waals surface area contributed by atoms with E-state index in [4.69, 9.17) is 15.2 Å². The summed E-state index contributed by atoms with van der Waals surface area (Å²) < 4.78 is 9.85. The number of pyridine rings is 1. The number of aromatic nitrogens is 1. The number of primary amides is 1. The van der Waals surface area contributed by atoms with Crippen molar-refractivity contribution < 1.29 is 38.0 Å². The van der Waals surface area contributed by atoms with E-state index in [9.17, 15) is 24.0 Å². The Morgan fingerprint density at radius 1 is 1.19 bits per heavy atom. The van der Waals surface area contributed by atoms with Crippen LogP contribution in [0.4, 0.5) is 0 Å². The lowest BCUT2D eigenvalue weighted by molar-refractivity contribution is -0.886. The van der Waals surface area contributed by atoms with Crippen molar-refractivity contribution in [3.05, 3.63) is 71.2 Å². The molecule has 2 aliphatic rings. The Bertz CT molecular complexity index is 1280. The Morgan fingerprint density at radius 3 is 2.61 bits per heavy atom. The highest BCUT2D eigenvalue weighted by atomic mass is 32.2. The molecule has 36 heavy (non-hydrogen) atoms. The number of hydrogen-bond donors (Lipinski definition) is 2. The standard InChI is InChI=1S/C24H22N4O7S/c1-14(29)34-12-16-13-36-21-10-20(31)28(21,27-19(30)9-15-5-3-2-4-6-15)22(16)24(33)35-18-7-8-26-11-17(18)23(25)32/h2-8,11,21H,9-10,12-13H2,1H3,(H2-,25,27,30,32)/p+1/t21-,28?/m1/s1. The maximum absolute atomic E-state index is 13.6. The van der Waals surface area contributed by atoms with Gasteiger partial charge >= 0.3 is 17.8 Å². The van der Waals surface area contributed by atoms with Crippen LogP contribution in [-0.2, 0) is 30.3 Å². The first kappa shape index (κ1) is 25.1. The van der Waals surface area contributed by atoms with E-state index in [0.29, 0.717) is 5.57 Å². The highest BCUT2D eigenvalue weighted by Crippen LogP contribution is 2.46. The maximum atomic E-state index is 13.6. The summed E-state index contributed by atoms with van der Waals surface area (Å²) in [5.41, 5.74) is 8.82. The molecule has 1 aromatic carbocycles. The fourth-order valence-corrected chi connectivity index (χ4v) is 5.40. The molecule has 0 aliphatic carbocycles. The molecule has 2 aliphatic heterocycles. The molecule has 1 fully saturated rings. The molecule has 1 aromatic heterocycles. The van der Waals surface area contributed by atoms with Gasteiger partial charge in [0.25, 0.3) is 17.5 Å². The molecule has 0 radical (unpaired) electrons. The van der Waals surface area contributed by atoms with Crippen molar-refractivity contribution in [2.75, 3.05) is 12.4 Å². The Balaban J connectivity index is 1.72. The number of thioether (sulfide) groups is 1. The van der Waals surface area contributed by atoms with Crippen molar-refractivity contribution in [1.82, 2.24) is 10.4 Å². The van der Waals surface area contributed by atoms with Gasteiger partial charge in [-0.15, -0.1) is 4.59 Å². The van der Waals surface area contributed by atoms with Crippen LogP contribution in [0.15, 0.2) is 60.1 Å². The zero-order valence-corrected chi connectivity index (χ0v) is 20.1. The van der Waals surface area contributed by atoms with Gasteiger partial charge in [-0.2, -0.15) is 5.43 Å². The Kier molecular flexibility index (Phi) is 7.17. The number of nitrogens with zero attached hydrogens (tertiary/aromatic N) is 2. The van der Waals surface area contributed by atoms with Gasteiger partial charge in [-0.05, 0) is 5.56 Å². The minimum atomic E-state index is -0.982. The number of ether oxygens (including phenoxy) is 2. The molecule has 4 rings (SSSR count). The number of quaternary nitrogens is 1. The minimum absolute atomic E-state index is 0.0245. The van der Waals surface area contributed by atoms with E-state index in [-0.39, 0.29) is 42.2 Å². The summed E-state index contributed by atoms with van der Waals surface area (Å²) in [6.07, 6.45) is 2.56. The average Bonchev–Trinajstić information content (AvgIpc) is 2.84. The number of nitrogens with two attached hydrogens (primary N) is 1. The minimum Gasteiger partial charge on any atom is -0.461 e. The third-order valence-corrected chi connectivity index (χ3v) is 7.10. The lowest BCUT2D eigenvalue weighted by Gasteiger charge is -2.49. The largest absolute Gasteiger partial charge is 0.461 e. The number of amides is 3. The molecule has 11 nitrogen and oxygen atoms in total. The summed E-state index contributed by atoms with van der Waals surface area (Å²) in [5.74, 6) is -3.23. The predicted octanol–water partition coefficient (Wildman–Crippen LogP) is 0.997. The van der Waals surface area contributed by atoms with E-state index in [1.807, 2.05) is 6.07 Å². The van der Waals surface area contributed by atoms with Crippen molar-refractivity contribution in [3.8, 4) is 5.75 Å². The molecule has 2 atom stereocenters. The van der Waals surface area contributed by atoms with Gasteiger partial charge in [-0.3, -0.25) is 19.4 Å². The van der Waals surface area contributed by atoms with E-state index >= 15 is 0 Å². The van der Waals surface area contributed by atoms with Gasteiger partial charge in [0.2, 0.25) is 0 Å². The summed E-state index contributed by atoms with van der Waals surface area (Å²) in [6, 6.07) is 10.2. The Morgan fingerprint density at radius 2 is 1.94 bits per heavy atom. The molecule has 0 spiro atoms. The molecule has 12 heteroatoms. The molecule has 1 saturated heterocycles. The van der Waals surface area contributed by atoms with E-state index in [1.54, 1.807) is 24.3 Å².